The molecule has 222 valence electrons. The number of aromatic nitrogens is 3. The van der Waals surface area contributed by atoms with Gasteiger partial charge in [0.1, 0.15) is 22.2 Å². The predicted molar refractivity (Wildman–Crippen MR) is 158 cm³/mol. The summed E-state index contributed by atoms with van der Waals surface area (Å²) >= 11 is 0.870. The molecule has 0 bridgehead atoms. The SMILES string of the molecule is CC(C)(C)OC(=O)Nc1sc2c(F)cnc(-c3c4c(c5cnc(N6CCN7CCCC7C6)nc5c3F)COC4)c2c1C#N. The van der Waals surface area contributed by atoms with Gasteiger partial charge in [-0.05, 0) is 51.3 Å². The van der Waals surface area contributed by atoms with Gasteiger partial charge in [-0.3, -0.25) is 15.2 Å². The van der Waals surface area contributed by atoms with Gasteiger partial charge in [-0.15, -0.1) is 11.3 Å². The van der Waals surface area contributed by atoms with Gasteiger partial charge in [-0.2, -0.15) is 5.26 Å². The number of carbonyl (C=O) groups excluding carboxylic acids is 1. The van der Waals surface area contributed by atoms with Crippen LogP contribution in [-0.4, -0.2) is 63.8 Å². The maximum atomic E-state index is 16.8. The number of piperazine rings is 1. The first-order valence-electron chi connectivity index (χ1n) is 14.2. The lowest BCUT2D eigenvalue weighted by Crippen LogP contribution is -2.50. The molecule has 1 atom stereocenters. The summed E-state index contributed by atoms with van der Waals surface area (Å²) in [4.78, 5) is 30.8. The van der Waals surface area contributed by atoms with Gasteiger partial charge in [0, 0.05) is 48.2 Å². The highest BCUT2D eigenvalue weighted by molar-refractivity contribution is 7.23. The maximum Gasteiger partial charge on any atom is 0.412 e. The number of fused-ring (bicyclic) bond motifs is 5. The van der Waals surface area contributed by atoms with Crippen LogP contribution in [0.2, 0.25) is 0 Å². The average Bonchev–Trinajstić information content (AvgIpc) is 3.71. The van der Waals surface area contributed by atoms with E-state index >= 15 is 8.78 Å². The Hall–Kier alpha value is -3.99. The monoisotopic (exact) mass is 605 g/mol. The fourth-order valence-corrected chi connectivity index (χ4v) is 7.37. The van der Waals surface area contributed by atoms with Crippen LogP contribution >= 0.6 is 11.3 Å². The van der Waals surface area contributed by atoms with Gasteiger partial charge in [0.15, 0.2) is 11.6 Å². The topological polar surface area (TPSA) is 116 Å². The van der Waals surface area contributed by atoms with Crippen molar-refractivity contribution in [3.63, 3.8) is 0 Å². The largest absolute Gasteiger partial charge is 0.444 e. The molecule has 43 heavy (non-hydrogen) atoms. The number of nitrogens with one attached hydrogen (secondary N) is 1. The van der Waals surface area contributed by atoms with Crippen LogP contribution in [0.15, 0.2) is 12.4 Å². The van der Waals surface area contributed by atoms with Gasteiger partial charge in [0.25, 0.3) is 0 Å². The Morgan fingerprint density at radius 1 is 1.19 bits per heavy atom. The van der Waals surface area contributed by atoms with Gasteiger partial charge >= 0.3 is 6.09 Å². The van der Waals surface area contributed by atoms with Crippen LogP contribution in [0, 0.1) is 23.0 Å². The van der Waals surface area contributed by atoms with E-state index in [9.17, 15) is 10.1 Å². The summed E-state index contributed by atoms with van der Waals surface area (Å²) in [5.74, 6) is -0.876. The number of carbonyl (C=O) groups is 1. The zero-order valence-corrected chi connectivity index (χ0v) is 24.8. The first kappa shape index (κ1) is 27.8. The lowest BCUT2D eigenvalue weighted by Gasteiger charge is -2.37. The van der Waals surface area contributed by atoms with Crippen LogP contribution in [-0.2, 0) is 22.7 Å². The van der Waals surface area contributed by atoms with Crippen molar-refractivity contribution in [2.24, 2.45) is 0 Å². The molecule has 1 aromatic carbocycles. The summed E-state index contributed by atoms with van der Waals surface area (Å²) in [5.41, 5.74) is 0.787. The summed E-state index contributed by atoms with van der Waals surface area (Å²) < 4.78 is 43.1. The molecule has 2 saturated heterocycles. The third-order valence-corrected chi connectivity index (χ3v) is 9.30. The summed E-state index contributed by atoms with van der Waals surface area (Å²) in [6, 6.07) is 2.50. The fourth-order valence-electron chi connectivity index (χ4n) is 6.33. The first-order valence-corrected chi connectivity index (χ1v) is 15.0. The molecule has 0 spiro atoms. The Bertz CT molecular complexity index is 1850. The molecule has 13 heteroatoms. The van der Waals surface area contributed by atoms with Gasteiger partial charge in [-0.25, -0.2) is 23.5 Å². The van der Waals surface area contributed by atoms with Crippen molar-refractivity contribution in [3.8, 4) is 17.3 Å². The summed E-state index contributed by atoms with van der Waals surface area (Å²) in [6.45, 7) is 9.00. The van der Waals surface area contributed by atoms with E-state index in [0.717, 1.165) is 55.7 Å². The number of anilines is 2. The second-order valence-electron chi connectivity index (χ2n) is 12.1. The zero-order chi connectivity index (χ0) is 30.0. The van der Waals surface area contributed by atoms with Crippen LogP contribution < -0.4 is 10.2 Å². The number of thiophene rings is 1. The van der Waals surface area contributed by atoms with E-state index in [1.165, 1.54) is 6.42 Å². The number of pyridine rings is 1. The second-order valence-corrected chi connectivity index (χ2v) is 13.1. The van der Waals surface area contributed by atoms with E-state index in [2.05, 4.69) is 31.2 Å². The van der Waals surface area contributed by atoms with E-state index in [0.29, 0.717) is 22.9 Å². The molecule has 3 aliphatic heterocycles. The maximum absolute atomic E-state index is 16.8. The fraction of sp³-hybridized carbons (Fsp3) is 0.433. The average molecular weight is 606 g/mol. The molecule has 0 radical (unpaired) electrons. The Morgan fingerprint density at radius 3 is 2.79 bits per heavy atom. The highest BCUT2D eigenvalue weighted by atomic mass is 32.1. The summed E-state index contributed by atoms with van der Waals surface area (Å²) in [7, 11) is 0. The van der Waals surface area contributed by atoms with Crippen LogP contribution in [0.1, 0.15) is 50.3 Å². The van der Waals surface area contributed by atoms with Crippen molar-refractivity contribution >= 4 is 49.4 Å². The van der Waals surface area contributed by atoms with Crippen LogP contribution in [0.5, 0.6) is 0 Å². The van der Waals surface area contributed by atoms with Crippen molar-refractivity contribution in [1.29, 1.82) is 5.26 Å². The highest BCUT2D eigenvalue weighted by Gasteiger charge is 2.34. The quantitative estimate of drug-likeness (QED) is 0.313. The van der Waals surface area contributed by atoms with E-state index in [1.54, 1.807) is 27.0 Å². The van der Waals surface area contributed by atoms with Crippen molar-refractivity contribution < 1.29 is 23.0 Å². The molecule has 6 heterocycles. The van der Waals surface area contributed by atoms with Crippen molar-refractivity contribution in [1.82, 2.24) is 19.9 Å². The molecule has 1 unspecified atom stereocenters. The molecule has 0 saturated carbocycles. The van der Waals surface area contributed by atoms with E-state index < -0.39 is 23.3 Å². The number of nitriles is 1. The van der Waals surface area contributed by atoms with Gasteiger partial charge < -0.3 is 14.4 Å². The molecular formula is C30H29F2N7O3S. The number of ether oxygens (including phenoxy) is 2. The Kier molecular flexibility index (Phi) is 6.68. The third kappa shape index (κ3) is 4.74. The number of halogens is 2. The van der Waals surface area contributed by atoms with Gasteiger partial charge in [0.05, 0.1) is 35.4 Å². The molecule has 2 fully saturated rings. The Balaban J connectivity index is 1.38. The van der Waals surface area contributed by atoms with Crippen molar-refractivity contribution in [2.45, 2.75) is 58.5 Å². The standard InChI is InChI=1S/C30H29F2N7O3S/c1-30(2,3)42-29(40)37-27-16(9-33)22-25(34-11-20(31)26(22)43-27)21-19-14-41-13-18(19)17-10-35-28(36-24(17)23(21)32)39-8-7-38-6-4-5-15(38)12-39/h10-11,15H,4-8,12-14H2,1-3H3,(H,37,40). The summed E-state index contributed by atoms with van der Waals surface area (Å²) in [6.07, 6.45) is 4.15. The molecule has 10 nitrogen and oxygen atoms in total. The molecule has 7 rings (SSSR count). The van der Waals surface area contributed by atoms with Crippen LogP contribution in [0.3, 0.4) is 0 Å². The predicted octanol–water partition coefficient (Wildman–Crippen LogP) is 5.72. The minimum atomic E-state index is -0.792. The van der Waals surface area contributed by atoms with Crippen molar-refractivity contribution in [2.75, 3.05) is 36.4 Å². The molecule has 3 aromatic heterocycles. The first-order chi connectivity index (χ1) is 20.6. The number of amides is 1. The molecule has 3 aliphatic rings. The molecule has 4 aromatic rings. The summed E-state index contributed by atoms with van der Waals surface area (Å²) in [5, 5.41) is 13.5. The molecule has 0 aliphatic carbocycles. The lowest BCUT2D eigenvalue weighted by atomic mass is 9.94. The van der Waals surface area contributed by atoms with Gasteiger partial charge in [-0.1, -0.05) is 0 Å². The number of benzene rings is 1. The van der Waals surface area contributed by atoms with E-state index in [-0.39, 0.29) is 50.6 Å². The Labute approximate surface area is 250 Å². The Morgan fingerprint density at radius 2 is 2.00 bits per heavy atom. The normalized spacial score (nSPS) is 18.6. The number of nitrogens with zero attached hydrogens (tertiary/aromatic N) is 6. The van der Waals surface area contributed by atoms with E-state index in [1.807, 2.05) is 0 Å². The lowest BCUT2D eigenvalue weighted by molar-refractivity contribution is 0.0636. The number of hydrogen-bond donors (Lipinski definition) is 1. The third-order valence-electron chi connectivity index (χ3n) is 8.19. The molecule has 1 N–H and O–H groups in total. The number of rotatable bonds is 3. The van der Waals surface area contributed by atoms with Crippen LogP contribution in [0.25, 0.3) is 32.2 Å². The van der Waals surface area contributed by atoms with Crippen LogP contribution in [0.4, 0.5) is 24.5 Å². The smallest absolute Gasteiger partial charge is 0.412 e. The van der Waals surface area contributed by atoms with Gasteiger partial charge in [0.2, 0.25) is 5.95 Å². The zero-order valence-electron chi connectivity index (χ0n) is 24.0. The van der Waals surface area contributed by atoms with Crippen molar-refractivity contribution in [3.05, 3.63) is 40.7 Å². The van der Waals surface area contributed by atoms with E-state index in [4.69, 9.17) is 14.5 Å². The minimum Gasteiger partial charge on any atom is -0.444 e. The molecule has 1 amide bonds. The highest BCUT2D eigenvalue weighted by Crippen LogP contribution is 2.46. The molecular weight excluding hydrogens is 576 g/mol. The second kappa shape index (κ2) is 10.3. The minimum absolute atomic E-state index is 0.0298. The number of hydrogen-bond acceptors (Lipinski definition) is 10.